The maximum Gasteiger partial charge on any atom is 0.416 e. The van der Waals surface area contributed by atoms with Crippen LogP contribution in [0.4, 0.5) is 24.5 Å². The van der Waals surface area contributed by atoms with Gasteiger partial charge in [-0.15, -0.1) is 0 Å². The molecule has 1 aliphatic heterocycles. The number of likely N-dealkylation sites (tertiary alicyclic amines) is 1. The van der Waals surface area contributed by atoms with E-state index in [1.165, 1.54) is 24.3 Å². The Balaban J connectivity index is 1.81. The van der Waals surface area contributed by atoms with Crippen LogP contribution in [0.15, 0.2) is 42.5 Å². The molecule has 0 radical (unpaired) electrons. The fourth-order valence-corrected chi connectivity index (χ4v) is 4.11. The van der Waals surface area contributed by atoms with E-state index in [2.05, 4.69) is 10.2 Å². The molecule has 0 bridgehead atoms. The zero-order chi connectivity index (χ0) is 22.8. The molecule has 1 saturated heterocycles. The lowest BCUT2D eigenvalue weighted by Gasteiger charge is -2.40. The van der Waals surface area contributed by atoms with Crippen molar-refractivity contribution in [2.75, 3.05) is 25.5 Å². The van der Waals surface area contributed by atoms with Crippen LogP contribution in [0.2, 0.25) is 0 Å². The van der Waals surface area contributed by atoms with Crippen LogP contribution < -0.4 is 11.1 Å². The summed E-state index contributed by atoms with van der Waals surface area (Å²) < 4.78 is 38.7. The SMILES string of the molecule is CN1CCCC(CNc2ccc([N+](=O)[O-])cc2C(N)=O)C1c1ccc(C(F)(F)F)cc1. The van der Waals surface area contributed by atoms with E-state index in [1.54, 1.807) is 0 Å². The monoisotopic (exact) mass is 436 g/mol. The van der Waals surface area contributed by atoms with E-state index in [0.29, 0.717) is 12.2 Å². The number of anilines is 1. The molecule has 2 aromatic carbocycles. The van der Waals surface area contributed by atoms with Crippen LogP contribution in [0, 0.1) is 16.0 Å². The molecule has 1 heterocycles. The number of nitrogens with one attached hydrogen (secondary N) is 1. The van der Waals surface area contributed by atoms with E-state index in [4.69, 9.17) is 5.73 Å². The summed E-state index contributed by atoms with van der Waals surface area (Å²) in [4.78, 5) is 24.2. The summed E-state index contributed by atoms with van der Waals surface area (Å²) in [7, 11) is 1.93. The number of nitrogens with two attached hydrogens (primary N) is 1. The van der Waals surface area contributed by atoms with Gasteiger partial charge >= 0.3 is 6.18 Å². The quantitative estimate of drug-likeness (QED) is 0.522. The van der Waals surface area contributed by atoms with E-state index in [9.17, 15) is 28.1 Å². The summed E-state index contributed by atoms with van der Waals surface area (Å²) in [5.41, 5.74) is 5.63. The molecule has 1 amide bonds. The van der Waals surface area contributed by atoms with Gasteiger partial charge in [-0.1, -0.05) is 12.1 Å². The number of primary amides is 1. The van der Waals surface area contributed by atoms with Crippen molar-refractivity contribution in [2.24, 2.45) is 11.7 Å². The minimum Gasteiger partial charge on any atom is -0.384 e. The van der Waals surface area contributed by atoms with E-state index < -0.39 is 22.6 Å². The highest BCUT2D eigenvalue weighted by atomic mass is 19.4. The van der Waals surface area contributed by atoms with Crippen molar-refractivity contribution < 1.29 is 22.9 Å². The molecular formula is C21H23F3N4O3. The number of halogens is 3. The number of nitro benzene ring substituents is 1. The summed E-state index contributed by atoms with van der Waals surface area (Å²) in [5, 5.41) is 14.1. The maximum atomic E-state index is 12.9. The Kier molecular flexibility index (Phi) is 6.49. The smallest absolute Gasteiger partial charge is 0.384 e. The molecular weight excluding hydrogens is 413 g/mol. The molecule has 0 saturated carbocycles. The molecule has 1 fully saturated rings. The van der Waals surface area contributed by atoms with Crippen LogP contribution in [0.3, 0.4) is 0 Å². The van der Waals surface area contributed by atoms with Crippen molar-refractivity contribution in [2.45, 2.75) is 25.1 Å². The number of hydrogen-bond donors (Lipinski definition) is 2. The van der Waals surface area contributed by atoms with Crippen LogP contribution in [0.5, 0.6) is 0 Å². The van der Waals surface area contributed by atoms with Gasteiger partial charge in [0.25, 0.3) is 11.6 Å². The number of carbonyl (C=O) groups is 1. The molecule has 2 unspecified atom stereocenters. The van der Waals surface area contributed by atoms with Crippen LogP contribution in [0.1, 0.15) is 40.4 Å². The third kappa shape index (κ3) is 5.13. The number of hydrogen-bond acceptors (Lipinski definition) is 5. The number of alkyl halides is 3. The van der Waals surface area contributed by atoms with Crippen LogP contribution in [0.25, 0.3) is 0 Å². The molecule has 2 aromatic rings. The third-order valence-electron chi connectivity index (χ3n) is 5.62. The van der Waals surface area contributed by atoms with Gasteiger partial charge in [0.15, 0.2) is 0 Å². The van der Waals surface area contributed by atoms with Gasteiger partial charge in [0.05, 0.1) is 16.1 Å². The van der Waals surface area contributed by atoms with Crippen molar-refractivity contribution in [3.8, 4) is 0 Å². The molecule has 10 heteroatoms. The highest BCUT2D eigenvalue weighted by Crippen LogP contribution is 2.37. The minimum atomic E-state index is -4.39. The van der Waals surface area contributed by atoms with Crippen molar-refractivity contribution in [3.05, 3.63) is 69.3 Å². The number of nitro groups is 1. The lowest BCUT2D eigenvalue weighted by atomic mass is 9.84. The fraction of sp³-hybridized carbons (Fsp3) is 0.381. The van der Waals surface area contributed by atoms with Crippen LogP contribution >= 0.6 is 0 Å². The van der Waals surface area contributed by atoms with Gasteiger partial charge in [0.2, 0.25) is 0 Å². The Morgan fingerprint density at radius 1 is 1.26 bits per heavy atom. The van der Waals surface area contributed by atoms with Gasteiger partial charge in [-0.3, -0.25) is 19.8 Å². The molecule has 7 nitrogen and oxygen atoms in total. The average Bonchev–Trinajstić information content (AvgIpc) is 2.71. The number of benzene rings is 2. The Labute approximate surface area is 177 Å². The number of non-ortho nitro benzene ring substituents is 1. The summed E-state index contributed by atoms with van der Waals surface area (Å²) in [6.07, 6.45) is -2.64. The van der Waals surface area contributed by atoms with Gasteiger partial charge in [0.1, 0.15) is 0 Å². The Morgan fingerprint density at radius 3 is 2.52 bits per heavy atom. The molecule has 166 valence electrons. The Hall–Kier alpha value is -3.14. The second kappa shape index (κ2) is 8.93. The predicted octanol–water partition coefficient (Wildman–Crippen LogP) is 4.21. The summed E-state index contributed by atoms with van der Waals surface area (Å²) in [5.74, 6) is -0.738. The molecule has 0 aromatic heterocycles. The number of nitrogens with zero attached hydrogens (tertiary/aromatic N) is 2. The summed E-state index contributed by atoms with van der Waals surface area (Å²) >= 11 is 0. The molecule has 1 aliphatic rings. The first kappa shape index (κ1) is 22.5. The van der Waals surface area contributed by atoms with Gasteiger partial charge < -0.3 is 11.1 Å². The van der Waals surface area contributed by atoms with E-state index >= 15 is 0 Å². The molecule has 3 N–H and O–H groups in total. The van der Waals surface area contributed by atoms with Crippen molar-refractivity contribution >= 4 is 17.3 Å². The normalized spacial score (nSPS) is 19.7. The standard InChI is InChI=1S/C21H23F3N4O3/c1-27-10-2-3-14(19(27)13-4-6-15(7-5-13)21(22,23)24)12-26-18-9-8-16(28(30)31)11-17(18)20(25)29/h4-9,11,14,19,26H,2-3,10,12H2,1H3,(H2,25,29). The first-order valence-electron chi connectivity index (χ1n) is 9.77. The van der Waals surface area contributed by atoms with E-state index in [1.807, 2.05) is 7.05 Å². The maximum absolute atomic E-state index is 12.9. The van der Waals surface area contributed by atoms with E-state index in [0.717, 1.165) is 43.1 Å². The first-order valence-corrected chi connectivity index (χ1v) is 9.77. The van der Waals surface area contributed by atoms with E-state index in [-0.39, 0.29) is 23.2 Å². The van der Waals surface area contributed by atoms with Crippen LogP contribution in [-0.2, 0) is 6.18 Å². The average molecular weight is 436 g/mol. The third-order valence-corrected chi connectivity index (χ3v) is 5.62. The summed E-state index contributed by atoms with van der Waals surface area (Å²) in [6, 6.07) is 8.93. The van der Waals surface area contributed by atoms with Gasteiger partial charge in [0, 0.05) is 30.4 Å². The number of amides is 1. The molecule has 31 heavy (non-hydrogen) atoms. The number of rotatable bonds is 6. The highest BCUT2D eigenvalue weighted by Gasteiger charge is 2.33. The largest absolute Gasteiger partial charge is 0.416 e. The number of carbonyl (C=O) groups excluding carboxylic acids is 1. The first-order chi connectivity index (χ1) is 14.6. The highest BCUT2D eigenvalue weighted by molar-refractivity contribution is 5.99. The molecule has 0 aliphatic carbocycles. The van der Waals surface area contributed by atoms with Crippen LogP contribution in [-0.4, -0.2) is 35.9 Å². The lowest BCUT2D eigenvalue weighted by Crippen LogP contribution is -2.39. The number of piperidine rings is 1. The minimum absolute atomic E-state index is 0.0180. The van der Waals surface area contributed by atoms with Gasteiger partial charge in [-0.25, -0.2) is 0 Å². The second-order valence-electron chi connectivity index (χ2n) is 7.68. The Bertz CT molecular complexity index is 963. The summed E-state index contributed by atoms with van der Waals surface area (Å²) in [6.45, 7) is 1.24. The Morgan fingerprint density at radius 2 is 1.94 bits per heavy atom. The second-order valence-corrected chi connectivity index (χ2v) is 7.68. The van der Waals surface area contributed by atoms with Gasteiger partial charge in [-0.05, 0) is 56.1 Å². The zero-order valence-corrected chi connectivity index (χ0v) is 16.9. The molecule has 2 atom stereocenters. The van der Waals surface area contributed by atoms with Crippen molar-refractivity contribution in [1.82, 2.24) is 4.90 Å². The van der Waals surface area contributed by atoms with Crippen molar-refractivity contribution in [3.63, 3.8) is 0 Å². The topological polar surface area (TPSA) is 102 Å². The van der Waals surface area contributed by atoms with Gasteiger partial charge in [-0.2, -0.15) is 13.2 Å². The molecule has 3 rings (SSSR count). The predicted molar refractivity (Wildman–Crippen MR) is 110 cm³/mol. The van der Waals surface area contributed by atoms with Crippen molar-refractivity contribution in [1.29, 1.82) is 0 Å². The fourth-order valence-electron chi connectivity index (χ4n) is 4.11. The lowest BCUT2D eigenvalue weighted by molar-refractivity contribution is -0.384. The molecule has 0 spiro atoms. The zero-order valence-electron chi connectivity index (χ0n) is 16.9.